The quantitative estimate of drug-likeness (QED) is 0.938. The van der Waals surface area contributed by atoms with Gasteiger partial charge in [0.25, 0.3) is 0 Å². The van der Waals surface area contributed by atoms with E-state index in [9.17, 15) is 17.6 Å². The average Bonchev–Trinajstić information content (AvgIpc) is 2.53. The molecule has 23 heavy (non-hydrogen) atoms. The summed E-state index contributed by atoms with van der Waals surface area (Å²) < 4.78 is 38.6. The van der Waals surface area contributed by atoms with Gasteiger partial charge in [0.05, 0.1) is 15.7 Å². The third kappa shape index (κ3) is 2.86. The summed E-state index contributed by atoms with van der Waals surface area (Å²) in [5.41, 5.74) is 7.03. The highest BCUT2D eigenvalue weighted by atomic mass is 32.2. The number of hydrogen-bond acceptors (Lipinski definition) is 3. The first-order chi connectivity index (χ1) is 10.9. The van der Waals surface area contributed by atoms with Crippen LogP contribution in [0.4, 0.5) is 4.39 Å². The summed E-state index contributed by atoms with van der Waals surface area (Å²) in [5, 5.41) is 0. The first-order valence-corrected chi connectivity index (χ1v) is 8.81. The number of sulfone groups is 1. The minimum Gasteiger partial charge on any atom is -0.369 e. The van der Waals surface area contributed by atoms with E-state index in [0.717, 1.165) is 23.6 Å². The van der Waals surface area contributed by atoms with Crippen molar-refractivity contribution in [3.63, 3.8) is 0 Å². The van der Waals surface area contributed by atoms with Crippen LogP contribution in [-0.2, 0) is 21.1 Å². The van der Waals surface area contributed by atoms with E-state index in [2.05, 4.69) is 0 Å². The molecule has 120 valence electrons. The van der Waals surface area contributed by atoms with Crippen LogP contribution in [-0.4, -0.2) is 14.3 Å². The van der Waals surface area contributed by atoms with E-state index in [4.69, 9.17) is 5.73 Å². The van der Waals surface area contributed by atoms with Gasteiger partial charge in [-0.25, -0.2) is 12.8 Å². The molecular weight excluding hydrogens is 317 g/mol. The molecular formula is C17H16FNO3S. The summed E-state index contributed by atoms with van der Waals surface area (Å²) in [6.07, 6.45) is 2.16. The number of carbonyl (C=O) groups excluding carboxylic acids is 1. The number of benzene rings is 2. The van der Waals surface area contributed by atoms with E-state index < -0.39 is 21.6 Å². The van der Waals surface area contributed by atoms with Crippen LogP contribution in [0.2, 0.25) is 0 Å². The second kappa shape index (κ2) is 5.77. The van der Waals surface area contributed by atoms with E-state index in [1.165, 1.54) is 24.3 Å². The molecule has 0 heterocycles. The molecule has 1 atom stereocenters. The number of carbonyl (C=O) groups is 1. The maximum Gasteiger partial charge on any atom is 0.224 e. The SMILES string of the molecule is NC(=O)C1CCCc2cc(S(=O)(=O)c3cccc(F)c3)ccc21. The molecule has 0 saturated carbocycles. The molecule has 4 nitrogen and oxygen atoms in total. The van der Waals surface area contributed by atoms with E-state index in [1.54, 1.807) is 12.1 Å². The fourth-order valence-electron chi connectivity index (χ4n) is 3.02. The van der Waals surface area contributed by atoms with Crippen LogP contribution < -0.4 is 5.73 Å². The number of hydrogen-bond donors (Lipinski definition) is 1. The molecule has 0 radical (unpaired) electrons. The van der Waals surface area contributed by atoms with Gasteiger partial charge in [-0.3, -0.25) is 4.79 Å². The zero-order valence-electron chi connectivity index (χ0n) is 12.3. The van der Waals surface area contributed by atoms with Gasteiger partial charge in [0.15, 0.2) is 0 Å². The summed E-state index contributed by atoms with van der Waals surface area (Å²) in [7, 11) is -3.79. The van der Waals surface area contributed by atoms with E-state index >= 15 is 0 Å². The zero-order valence-corrected chi connectivity index (χ0v) is 13.1. The van der Waals surface area contributed by atoms with Crippen molar-refractivity contribution in [2.75, 3.05) is 0 Å². The molecule has 0 aliphatic heterocycles. The van der Waals surface area contributed by atoms with Crippen molar-refractivity contribution in [1.29, 1.82) is 0 Å². The van der Waals surface area contributed by atoms with Crippen LogP contribution in [0.3, 0.4) is 0 Å². The van der Waals surface area contributed by atoms with Crippen LogP contribution in [0, 0.1) is 5.82 Å². The Morgan fingerprint density at radius 2 is 1.87 bits per heavy atom. The Morgan fingerprint density at radius 1 is 1.13 bits per heavy atom. The average molecular weight is 333 g/mol. The minimum absolute atomic E-state index is 0.0836. The summed E-state index contributed by atoms with van der Waals surface area (Å²) in [6.45, 7) is 0. The molecule has 2 aromatic carbocycles. The second-order valence-electron chi connectivity index (χ2n) is 5.67. The summed E-state index contributed by atoms with van der Waals surface area (Å²) in [6, 6.07) is 9.61. The number of rotatable bonds is 3. The van der Waals surface area contributed by atoms with Gasteiger partial charge in [-0.1, -0.05) is 12.1 Å². The van der Waals surface area contributed by atoms with Gasteiger partial charge in [0.1, 0.15) is 5.82 Å². The first kappa shape index (κ1) is 15.7. The van der Waals surface area contributed by atoms with Gasteiger partial charge in [-0.2, -0.15) is 0 Å². The standard InChI is InChI=1S/C17H16FNO3S/c18-12-4-2-5-13(10-12)23(21,22)14-7-8-15-11(9-14)3-1-6-16(15)17(19)20/h2,4-5,7-10,16H,1,3,6H2,(H2,19,20). The minimum atomic E-state index is -3.79. The molecule has 6 heteroatoms. The van der Waals surface area contributed by atoms with Crippen molar-refractivity contribution in [3.05, 3.63) is 59.4 Å². The maximum atomic E-state index is 13.3. The normalized spacial score (nSPS) is 17.5. The van der Waals surface area contributed by atoms with Gasteiger partial charge in [-0.15, -0.1) is 0 Å². The lowest BCUT2D eigenvalue weighted by Gasteiger charge is -2.23. The number of nitrogens with two attached hydrogens (primary N) is 1. The lowest BCUT2D eigenvalue weighted by Crippen LogP contribution is -2.25. The van der Waals surface area contributed by atoms with Crippen LogP contribution in [0.15, 0.2) is 52.3 Å². The van der Waals surface area contributed by atoms with Crippen LogP contribution in [0.5, 0.6) is 0 Å². The Labute approximate surface area is 134 Å². The first-order valence-electron chi connectivity index (χ1n) is 7.32. The van der Waals surface area contributed by atoms with Crippen molar-refractivity contribution in [1.82, 2.24) is 0 Å². The molecule has 0 saturated heterocycles. The molecule has 1 aliphatic rings. The zero-order chi connectivity index (χ0) is 16.6. The van der Waals surface area contributed by atoms with E-state index in [1.807, 2.05) is 0 Å². The maximum absolute atomic E-state index is 13.3. The molecule has 2 N–H and O–H groups in total. The fraction of sp³-hybridized carbons (Fsp3) is 0.235. The molecule has 0 bridgehead atoms. The van der Waals surface area contributed by atoms with Crippen LogP contribution in [0.25, 0.3) is 0 Å². The highest BCUT2D eigenvalue weighted by molar-refractivity contribution is 7.91. The predicted molar refractivity (Wildman–Crippen MR) is 83.2 cm³/mol. The van der Waals surface area contributed by atoms with Gasteiger partial charge in [0, 0.05) is 0 Å². The van der Waals surface area contributed by atoms with E-state index in [-0.39, 0.29) is 15.7 Å². The second-order valence-corrected chi connectivity index (χ2v) is 7.62. The summed E-state index contributed by atoms with van der Waals surface area (Å²) in [5.74, 6) is -1.37. The molecule has 1 unspecified atom stereocenters. The van der Waals surface area contributed by atoms with Crippen LogP contribution >= 0.6 is 0 Å². The third-order valence-electron chi connectivity index (χ3n) is 4.19. The number of amides is 1. The van der Waals surface area contributed by atoms with Crippen LogP contribution in [0.1, 0.15) is 29.9 Å². The number of aryl methyl sites for hydroxylation is 1. The van der Waals surface area contributed by atoms with Gasteiger partial charge in [0.2, 0.25) is 15.7 Å². The van der Waals surface area contributed by atoms with Gasteiger partial charge < -0.3 is 5.73 Å². The van der Waals surface area contributed by atoms with Crippen molar-refractivity contribution in [2.45, 2.75) is 35.0 Å². The highest BCUT2D eigenvalue weighted by Gasteiger charge is 2.27. The molecule has 1 amide bonds. The Hall–Kier alpha value is -2.21. The van der Waals surface area contributed by atoms with E-state index in [0.29, 0.717) is 12.8 Å². The molecule has 3 rings (SSSR count). The Bertz CT molecular complexity index is 877. The van der Waals surface area contributed by atoms with Gasteiger partial charge >= 0.3 is 0 Å². The third-order valence-corrected chi connectivity index (χ3v) is 5.94. The molecule has 0 spiro atoms. The van der Waals surface area contributed by atoms with Crippen molar-refractivity contribution in [2.24, 2.45) is 5.73 Å². The lowest BCUT2D eigenvalue weighted by atomic mass is 9.82. The monoisotopic (exact) mass is 333 g/mol. The van der Waals surface area contributed by atoms with Crippen molar-refractivity contribution in [3.8, 4) is 0 Å². The van der Waals surface area contributed by atoms with Crippen molar-refractivity contribution < 1.29 is 17.6 Å². The highest BCUT2D eigenvalue weighted by Crippen LogP contribution is 2.34. The van der Waals surface area contributed by atoms with Crippen molar-refractivity contribution >= 4 is 15.7 Å². The number of primary amides is 1. The Balaban J connectivity index is 2.07. The Morgan fingerprint density at radius 3 is 2.57 bits per heavy atom. The predicted octanol–water partition coefficient (Wildman–Crippen LogP) is 2.56. The fourth-order valence-corrected chi connectivity index (χ4v) is 4.37. The summed E-state index contributed by atoms with van der Waals surface area (Å²) in [4.78, 5) is 11.5. The number of halogens is 1. The smallest absolute Gasteiger partial charge is 0.224 e. The molecule has 2 aromatic rings. The van der Waals surface area contributed by atoms with Gasteiger partial charge in [-0.05, 0) is 60.7 Å². The number of fused-ring (bicyclic) bond motifs is 1. The Kier molecular flexibility index (Phi) is 3.93. The topological polar surface area (TPSA) is 77.2 Å². The lowest BCUT2D eigenvalue weighted by molar-refractivity contribution is -0.119. The molecule has 0 aromatic heterocycles. The summed E-state index contributed by atoms with van der Waals surface area (Å²) >= 11 is 0. The largest absolute Gasteiger partial charge is 0.369 e. The molecule has 0 fully saturated rings. The molecule has 1 aliphatic carbocycles.